The predicted molar refractivity (Wildman–Crippen MR) is 56.2 cm³/mol. The first kappa shape index (κ1) is 10.8. The molecule has 0 fully saturated rings. The molecule has 1 aliphatic heterocycles. The molecule has 0 aliphatic carbocycles. The van der Waals surface area contributed by atoms with Crippen molar-refractivity contribution in [3.63, 3.8) is 0 Å². The second-order valence-corrected chi connectivity index (χ2v) is 3.78. The zero-order valence-corrected chi connectivity index (χ0v) is 9.23. The Bertz CT molecular complexity index is 434. The van der Waals surface area contributed by atoms with Gasteiger partial charge in [-0.3, -0.25) is 4.79 Å². The van der Waals surface area contributed by atoms with Crippen LogP contribution in [-0.2, 0) is 22.7 Å². The van der Waals surface area contributed by atoms with Gasteiger partial charge in [0.15, 0.2) is 0 Å². The van der Waals surface area contributed by atoms with Crippen LogP contribution in [0.4, 0.5) is 5.95 Å². The monoisotopic (exact) mass is 223 g/mol. The molecular weight excluding hydrogens is 210 g/mol. The number of likely N-dealkylation sites (N-methyl/N-ethyl adjacent to an activating group) is 1. The number of aromatic nitrogens is 2. The summed E-state index contributed by atoms with van der Waals surface area (Å²) in [5.41, 5.74) is 2.74. The second kappa shape index (κ2) is 4.05. The van der Waals surface area contributed by atoms with Gasteiger partial charge in [0.1, 0.15) is 6.54 Å². The van der Waals surface area contributed by atoms with Crippen molar-refractivity contribution in [3.8, 4) is 0 Å². The molecule has 0 saturated carbocycles. The lowest BCUT2D eigenvalue weighted by molar-refractivity contribution is -0.135. The van der Waals surface area contributed by atoms with Crippen molar-refractivity contribution in [2.45, 2.75) is 20.1 Å². The molecule has 0 spiro atoms. The van der Waals surface area contributed by atoms with Crippen LogP contribution in [0.1, 0.15) is 17.0 Å². The van der Waals surface area contributed by atoms with Crippen molar-refractivity contribution in [3.05, 3.63) is 17.0 Å². The maximum absolute atomic E-state index is 10.6. The molecule has 0 atom stereocenters. The van der Waals surface area contributed by atoms with Gasteiger partial charge < -0.3 is 14.7 Å². The van der Waals surface area contributed by atoms with E-state index in [2.05, 4.69) is 9.97 Å². The molecule has 0 aromatic carbocycles. The van der Waals surface area contributed by atoms with Gasteiger partial charge in [0.25, 0.3) is 0 Å². The molecule has 0 radical (unpaired) electrons. The first-order valence-electron chi connectivity index (χ1n) is 4.95. The minimum absolute atomic E-state index is 0.112. The lowest BCUT2D eigenvalue weighted by Crippen LogP contribution is -2.27. The van der Waals surface area contributed by atoms with Crippen LogP contribution in [0, 0.1) is 6.92 Å². The number of hydrogen-bond acceptors (Lipinski definition) is 5. The molecule has 0 unspecified atom stereocenters. The summed E-state index contributed by atoms with van der Waals surface area (Å²) in [7, 11) is 1.66. The number of hydrogen-bond donors (Lipinski definition) is 1. The minimum Gasteiger partial charge on any atom is -0.480 e. The van der Waals surface area contributed by atoms with E-state index in [1.165, 1.54) is 4.90 Å². The Morgan fingerprint density at radius 2 is 2.25 bits per heavy atom. The Kier molecular flexibility index (Phi) is 2.74. The molecule has 16 heavy (non-hydrogen) atoms. The molecule has 0 amide bonds. The van der Waals surface area contributed by atoms with Gasteiger partial charge in [-0.05, 0) is 6.92 Å². The molecule has 1 aliphatic rings. The smallest absolute Gasteiger partial charge is 0.323 e. The van der Waals surface area contributed by atoms with Crippen LogP contribution in [0.25, 0.3) is 0 Å². The average Bonchev–Trinajstić information content (AvgIpc) is 2.64. The molecule has 0 saturated heterocycles. The van der Waals surface area contributed by atoms with Gasteiger partial charge in [-0.1, -0.05) is 0 Å². The maximum atomic E-state index is 10.6. The van der Waals surface area contributed by atoms with Gasteiger partial charge in [-0.15, -0.1) is 0 Å². The number of aliphatic carboxylic acids is 1. The fraction of sp³-hybridized carbons (Fsp3) is 0.500. The van der Waals surface area contributed by atoms with Crippen LogP contribution in [0.3, 0.4) is 0 Å². The number of fused-ring (bicyclic) bond motifs is 1. The van der Waals surface area contributed by atoms with Crippen LogP contribution in [-0.4, -0.2) is 34.6 Å². The summed E-state index contributed by atoms with van der Waals surface area (Å²) in [6.07, 6.45) is 0. The van der Waals surface area contributed by atoms with E-state index in [0.29, 0.717) is 19.2 Å². The highest BCUT2D eigenvalue weighted by molar-refractivity contribution is 5.72. The number of aryl methyl sites for hydroxylation is 1. The first-order chi connectivity index (χ1) is 7.58. The fourth-order valence-corrected chi connectivity index (χ4v) is 1.64. The van der Waals surface area contributed by atoms with Crippen molar-refractivity contribution in [1.29, 1.82) is 0 Å². The van der Waals surface area contributed by atoms with Crippen LogP contribution in [0.5, 0.6) is 0 Å². The van der Waals surface area contributed by atoms with Gasteiger partial charge in [0, 0.05) is 18.3 Å². The van der Waals surface area contributed by atoms with Gasteiger partial charge in [0.2, 0.25) is 5.95 Å². The highest BCUT2D eigenvalue weighted by Gasteiger charge is 2.19. The molecule has 86 valence electrons. The van der Waals surface area contributed by atoms with Crippen LogP contribution in [0.15, 0.2) is 0 Å². The minimum atomic E-state index is -0.902. The second-order valence-electron chi connectivity index (χ2n) is 3.78. The van der Waals surface area contributed by atoms with Crippen molar-refractivity contribution >= 4 is 11.9 Å². The van der Waals surface area contributed by atoms with Gasteiger partial charge in [-0.2, -0.15) is 0 Å². The molecule has 1 aromatic rings. The van der Waals surface area contributed by atoms with E-state index in [1.54, 1.807) is 7.05 Å². The SMILES string of the molecule is Cc1nc(N(C)CC(=O)O)nc2c1COC2. The Balaban J connectivity index is 2.29. The van der Waals surface area contributed by atoms with E-state index in [9.17, 15) is 4.79 Å². The first-order valence-corrected chi connectivity index (χ1v) is 4.95. The molecule has 1 aromatic heterocycles. The molecule has 2 heterocycles. The molecule has 6 heteroatoms. The normalized spacial score (nSPS) is 13.6. The van der Waals surface area contributed by atoms with Crippen LogP contribution in [0.2, 0.25) is 0 Å². The summed E-state index contributed by atoms with van der Waals surface area (Å²) < 4.78 is 5.27. The molecule has 1 N–H and O–H groups in total. The average molecular weight is 223 g/mol. The Hall–Kier alpha value is -1.69. The van der Waals surface area contributed by atoms with Crippen LogP contribution < -0.4 is 4.90 Å². The predicted octanol–water partition coefficient (Wildman–Crippen LogP) is 0.336. The van der Waals surface area contributed by atoms with Crippen molar-refractivity contribution < 1.29 is 14.6 Å². The quantitative estimate of drug-likeness (QED) is 0.796. The lowest BCUT2D eigenvalue weighted by Gasteiger charge is -2.15. The van der Waals surface area contributed by atoms with E-state index in [0.717, 1.165) is 17.0 Å². The summed E-state index contributed by atoms with van der Waals surface area (Å²) in [4.78, 5) is 20.7. The summed E-state index contributed by atoms with van der Waals surface area (Å²) in [6, 6.07) is 0. The van der Waals surface area contributed by atoms with E-state index in [-0.39, 0.29) is 6.54 Å². The van der Waals surface area contributed by atoms with Crippen LogP contribution >= 0.6 is 0 Å². The largest absolute Gasteiger partial charge is 0.480 e. The van der Waals surface area contributed by atoms with E-state index < -0.39 is 5.97 Å². The molecule has 2 rings (SSSR count). The van der Waals surface area contributed by atoms with E-state index >= 15 is 0 Å². The number of carboxylic acids is 1. The standard InChI is InChI=1S/C10H13N3O3/c1-6-7-4-16-5-8(7)12-10(11-6)13(2)3-9(14)15/h3-5H2,1-2H3,(H,14,15). The van der Waals surface area contributed by atoms with Crippen molar-refractivity contribution in [2.24, 2.45) is 0 Å². The third-order valence-electron chi connectivity index (χ3n) is 2.49. The Labute approximate surface area is 92.9 Å². The molecule has 0 bridgehead atoms. The van der Waals surface area contributed by atoms with Gasteiger partial charge in [-0.25, -0.2) is 9.97 Å². The van der Waals surface area contributed by atoms with Crippen molar-refractivity contribution in [1.82, 2.24) is 9.97 Å². The zero-order valence-electron chi connectivity index (χ0n) is 9.23. The van der Waals surface area contributed by atoms with E-state index in [4.69, 9.17) is 9.84 Å². The summed E-state index contributed by atoms with van der Waals surface area (Å²) >= 11 is 0. The van der Waals surface area contributed by atoms with E-state index in [1.807, 2.05) is 6.92 Å². The van der Waals surface area contributed by atoms with Crippen molar-refractivity contribution in [2.75, 3.05) is 18.5 Å². The van der Waals surface area contributed by atoms with Gasteiger partial charge >= 0.3 is 5.97 Å². The molecular formula is C10H13N3O3. The number of carboxylic acid groups (broad SMARTS) is 1. The summed E-state index contributed by atoms with van der Waals surface area (Å²) in [5, 5.41) is 8.69. The summed E-state index contributed by atoms with van der Waals surface area (Å²) in [6.45, 7) is 2.79. The number of carbonyl (C=O) groups is 1. The number of nitrogens with zero attached hydrogens (tertiary/aromatic N) is 3. The Morgan fingerprint density at radius 1 is 1.50 bits per heavy atom. The maximum Gasteiger partial charge on any atom is 0.323 e. The number of ether oxygens (including phenoxy) is 1. The third-order valence-corrected chi connectivity index (χ3v) is 2.49. The number of anilines is 1. The zero-order chi connectivity index (χ0) is 11.7. The fourth-order valence-electron chi connectivity index (χ4n) is 1.64. The number of rotatable bonds is 3. The summed E-state index contributed by atoms with van der Waals surface area (Å²) in [5.74, 6) is -0.468. The molecule has 6 nitrogen and oxygen atoms in total. The highest BCUT2D eigenvalue weighted by atomic mass is 16.5. The van der Waals surface area contributed by atoms with Gasteiger partial charge in [0.05, 0.1) is 18.9 Å². The highest BCUT2D eigenvalue weighted by Crippen LogP contribution is 2.22. The third kappa shape index (κ3) is 1.96. The Morgan fingerprint density at radius 3 is 2.94 bits per heavy atom. The topological polar surface area (TPSA) is 75.6 Å². The lowest BCUT2D eigenvalue weighted by atomic mass is 10.2.